The van der Waals surface area contributed by atoms with Crippen LogP contribution in [0.1, 0.15) is 17.4 Å². The number of esters is 1. The first kappa shape index (κ1) is 14.8. The summed E-state index contributed by atoms with van der Waals surface area (Å²) in [6.45, 7) is 2.60. The summed E-state index contributed by atoms with van der Waals surface area (Å²) in [5.74, 6) is 0.415. The summed E-state index contributed by atoms with van der Waals surface area (Å²) in [7, 11) is 1.35. The number of methoxy groups -OCH3 is 1. The van der Waals surface area contributed by atoms with Crippen molar-refractivity contribution in [3.05, 3.63) is 45.8 Å². The summed E-state index contributed by atoms with van der Waals surface area (Å²) in [5, 5.41) is 0. The number of benzene rings is 1. The zero-order valence-corrected chi connectivity index (χ0v) is 13.4. The lowest BCUT2D eigenvalue weighted by Crippen LogP contribution is -2.06. The van der Waals surface area contributed by atoms with Gasteiger partial charge in [-0.3, -0.25) is 0 Å². The van der Waals surface area contributed by atoms with Gasteiger partial charge in [0, 0.05) is 15.3 Å². The van der Waals surface area contributed by atoms with Gasteiger partial charge in [-0.2, -0.15) is 0 Å². The van der Waals surface area contributed by atoms with Gasteiger partial charge in [0.2, 0.25) is 0 Å². The molecule has 0 amide bonds. The molecule has 0 aliphatic rings. The second-order valence-corrected chi connectivity index (χ2v) is 5.17. The largest absolute Gasteiger partial charge is 0.494 e. The maximum Gasteiger partial charge on any atom is 0.357 e. The second-order valence-electron chi connectivity index (χ2n) is 4.00. The third kappa shape index (κ3) is 3.27. The van der Waals surface area contributed by atoms with Crippen LogP contribution in [0, 0.1) is 3.57 Å². The van der Waals surface area contributed by atoms with Gasteiger partial charge < -0.3 is 9.47 Å². The van der Waals surface area contributed by atoms with Crippen LogP contribution in [0.2, 0.25) is 0 Å². The SMILES string of the molecule is CCOc1ccc(-c2cnc(C(=O)OC)c(I)c2)cc1. The smallest absolute Gasteiger partial charge is 0.357 e. The fourth-order valence-corrected chi connectivity index (χ4v) is 2.45. The van der Waals surface area contributed by atoms with E-state index in [4.69, 9.17) is 4.74 Å². The molecule has 2 rings (SSSR count). The van der Waals surface area contributed by atoms with Gasteiger partial charge in [0.1, 0.15) is 5.75 Å². The van der Waals surface area contributed by atoms with Crippen molar-refractivity contribution in [3.63, 3.8) is 0 Å². The predicted octanol–water partition coefficient (Wildman–Crippen LogP) is 3.54. The Morgan fingerprint density at radius 3 is 2.50 bits per heavy atom. The molecule has 1 heterocycles. The highest BCUT2D eigenvalue weighted by molar-refractivity contribution is 14.1. The Morgan fingerprint density at radius 1 is 1.25 bits per heavy atom. The monoisotopic (exact) mass is 383 g/mol. The summed E-state index contributed by atoms with van der Waals surface area (Å²) in [6, 6.07) is 9.68. The molecule has 0 saturated heterocycles. The maximum atomic E-state index is 11.5. The molecule has 0 saturated carbocycles. The minimum absolute atomic E-state index is 0.336. The van der Waals surface area contributed by atoms with E-state index in [9.17, 15) is 4.79 Å². The molecule has 0 aliphatic heterocycles. The standard InChI is InChI=1S/C15H14INO3/c1-3-20-12-6-4-10(5-7-12)11-8-13(16)14(17-9-11)15(18)19-2/h4-9H,3H2,1-2H3. The van der Waals surface area contributed by atoms with Crippen LogP contribution in [-0.4, -0.2) is 24.7 Å². The number of carbonyl (C=O) groups is 1. The number of pyridine rings is 1. The second kappa shape index (κ2) is 6.69. The topological polar surface area (TPSA) is 48.4 Å². The van der Waals surface area contributed by atoms with Gasteiger partial charge >= 0.3 is 5.97 Å². The fraction of sp³-hybridized carbons (Fsp3) is 0.200. The third-order valence-corrected chi connectivity index (χ3v) is 3.54. The van der Waals surface area contributed by atoms with Crippen molar-refractivity contribution in [2.24, 2.45) is 0 Å². The molecule has 104 valence electrons. The van der Waals surface area contributed by atoms with Crippen molar-refractivity contribution < 1.29 is 14.3 Å². The van der Waals surface area contributed by atoms with Gasteiger partial charge in [0.15, 0.2) is 5.69 Å². The van der Waals surface area contributed by atoms with E-state index in [2.05, 4.69) is 32.3 Å². The minimum Gasteiger partial charge on any atom is -0.494 e. The average Bonchev–Trinajstić information content (AvgIpc) is 2.47. The lowest BCUT2D eigenvalue weighted by molar-refractivity contribution is 0.0593. The molecular formula is C15H14INO3. The van der Waals surface area contributed by atoms with Gasteiger partial charge in [-0.05, 0) is 53.3 Å². The molecule has 0 N–H and O–H groups in total. The van der Waals surface area contributed by atoms with Crippen molar-refractivity contribution in [2.75, 3.05) is 13.7 Å². The number of aromatic nitrogens is 1. The quantitative estimate of drug-likeness (QED) is 0.599. The first-order valence-corrected chi connectivity index (χ1v) is 7.20. The van der Waals surface area contributed by atoms with Crippen LogP contribution < -0.4 is 4.74 Å². The van der Waals surface area contributed by atoms with Gasteiger partial charge in [0.25, 0.3) is 0 Å². The molecule has 0 unspecified atom stereocenters. The highest BCUT2D eigenvalue weighted by Gasteiger charge is 2.12. The van der Waals surface area contributed by atoms with Crippen LogP contribution in [0.5, 0.6) is 5.75 Å². The molecule has 2 aromatic rings. The summed E-state index contributed by atoms with van der Waals surface area (Å²) < 4.78 is 10.9. The maximum absolute atomic E-state index is 11.5. The molecule has 0 spiro atoms. The summed E-state index contributed by atoms with van der Waals surface area (Å²) in [4.78, 5) is 15.7. The van der Waals surface area contributed by atoms with E-state index in [0.29, 0.717) is 12.3 Å². The zero-order chi connectivity index (χ0) is 14.5. The van der Waals surface area contributed by atoms with E-state index in [1.807, 2.05) is 37.3 Å². The first-order chi connectivity index (χ1) is 9.65. The van der Waals surface area contributed by atoms with Crippen molar-refractivity contribution >= 4 is 28.6 Å². The zero-order valence-electron chi connectivity index (χ0n) is 11.2. The highest BCUT2D eigenvalue weighted by atomic mass is 127. The molecule has 0 radical (unpaired) electrons. The number of hydrogen-bond acceptors (Lipinski definition) is 4. The normalized spacial score (nSPS) is 10.2. The molecule has 0 fully saturated rings. The number of rotatable bonds is 4. The lowest BCUT2D eigenvalue weighted by atomic mass is 10.1. The van der Waals surface area contributed by atoms with Crippen LogP contribution in [0.3, 0.4) is 0 Å². The molecule has 0 atom stereocenters. The van der Waals surface area contributed by atoms with E-state index >= 15 is 0 Å². The molecule has 1 aromatic heterocycles. The molecule has 0 aliphatic carbocycles. The van der Waals surface area contributed by atoms with Crippen LogP contribution in [-0.2, 0) is 4.74 Å². The molecule has 4 nitrogen and oxygen atoms in total. The van der Waals surface area contributed by atoms with Crippen LogP contribution >= 0.6 is 22.6 Å². The number of ether oxygens (including phenoxy) is 2. The molecular weight excluding hydrogens is 369 g/mol. The number of nitrogens with zero attached hydrogens (tertiary/aromatic N) is 1. The first-order valence-electron chi connectivity index (χ1n) is 6.12. The van der Waals surface area contributed by atoms with E-state index in [-0.39, 0.29) is 0 Å². The molecule has 0 bridgehead atoms. The van der Waals surface area contributed by atoms with E-state index < -0.39 is 5.97 Å². The Morgan fingerprint density at radius 2 is 1.95 bits per heavy atom. The van der Waals surface area contributed by atoms with Gasteiger partial charge in [-0.15, -0.1) is 0 Å². The Kier molecular flexibility index (Phi) is 4.94. The van der Waals surface area contributed by atoms with Crippen molar-refractivity contribution in [1.29, 1.82) is 0 Å². The minimum atomic E-state index is -0.423. The van der Waals surface area contributed by atoms with Crippen molar-refractivity contribution in [3.8, 4) is 16.9 Å². The van der Waals surface area contributed by atoms with E-state index in [0.717, 1.165) is 20.4 Å². The summed E-state index contributed by atoms with van der Waals surface area (Å²) >= 11 is 2.08. The Balaban J connectivity index is 2.29. The molecule has 20 heavy (non-hydrogen) atoms. The Labute approximate surface area is 131 Å². The summed E-state index contributed by atoms with van der Waals surface area (Å²) in [5.41, 5.74) is 2.31. The molecule has 5 heteroatoms. The predicted molar refractivity (Wildman–Crippen MR) is 84.9 cm³/mol. The van der Waals surface area contributed by atoms with Crippen LogP contribution in [0.25, 0.3) is 11.1 Å². The Hall–Kier alpha value is -1.63. The van der Waals surface area contributed by atoms with Crippen LogP contribution in [0.4, 0.5) is 0 Å². The number of hydrogen-bond donors (Lipinski definition) is 0. The van der Waals surface area contributed by atoms with E-state index in [1.54, 1.807) is 6.20 Å². The summed E-state index contributed by atoms with van der Waals surface area (Å²) in [6.07, 6.45) is 1.67. The number of carbonyl (C=O) groups excluding carboxylic acids is 1. The third-order valence-electron chi connectivity index (χ3n) is 2.72. The van der Waals surface area contributed by atoms with Crippen molar-refractivity contribution in [2.45, 2.75) is 6.92 Å². The van der Waals surface area contributed by atoms with Crippen molar-refractivity contribution in [1.82, 2.24) is 4.98 Å². The lowest BCUT2D eigenvalue weighted by Gasteiger charge is -2.07. The highest BCUT2D eigenvalue weighted by Crippen LogP contribution is 2.24. The van der Waals surface area contributed by atoms with Gasteiger partial charge in [0.05, 0.1) is 13.7 Å². The molecule has 1 aromatic carbocycles. The number of halogens is 1. The van der Waals surface area contributed by atoms with Gasteiger partial charge in [-0.1, -0.05) is 12.1 Å². The fourth-order valence-electron chi connectivity index (χ4n) is 1.75. The van der Waals surface area contributed by atoms with Gasteiger partial charge in [-0.25, -0.2) is 9.78 Å². The van der Waals surface area contributed by atoms with E-state index in [1.165, 1.54) is 7.11 Å². The van der Waals surface area contributed by atoms with Crippen LogP contribution in [0.15, 0.2) is 36.5 Å². The Bertz CT molecular complexity index is 611. The average molecular weight is 383 g/mol.